The number of unbranched alkanes of at least 4 members (excludes halogenated alkanes) is 30. The first kappa shape index (κ1) is 61.5. The predicted molar refractivity (Wildman–Crippen MR) is 272 cm³/mol. The molecule has 0 heterocycles. The van der Waals surface area contributed by atoms with Gasteiger partial charge in [-0.3, -0.25) is 13.8 Å². The summed E-state index contributed by atoms with van der Waals surface area (Å²) < 4.78 is 23.5. The second-order valence-electron chi connectivity index (χ2n) is 19.2. The molecule has 1 amide bonds. The highest BCUT2D eigenvalue weighted by Gasteiger charge is 2.27. The molecule has 0 spiro atoms. The number of hydrogen-bond donors (Lipinski definition) is 3. The van der Waals surface area contributed by atoms with E-state index in [1.54, 1.807) is 6.08 Å². The zero-order valence-electron chi connectivity index (χ0n) is 42.1. The number of carbonyl (C=O) groups is 1. The molecule has 0 rings (SSSR count). The van der Waals surface area contributed by atoms with Gasteiger partial charge >= 0.3 is 7.82 Å². The molecule has 3 unspecified atom stereocenters. The third-order valence-corrected chi connectivity index (χ3v) is 12.8. The Morgan fingerprint density at radius 3 is 1.37 bits per heavy atom. The fourth-order valence-corrected chi connectivity index (χ4v) is 8.40. The molecule has 0 radical (unpaired) electrons. The van der Waals surface area contributed by atoms with Crippen LogP contribution in [0.3, 0.4) is 0 Å². The van der Waals surface area contributed by atoms with Crippen molar-refractivity contribution in [2.45, 2.75) is 251 Å². The van der Waals surface area contributed by atoms with Crippen molar-refractivity contribution < 1.29 is 32.9 Å². The molecule has 3 N–H and O–H groups in total. The van der Waals surface area contributed by atoms with Gasteiger partial charge < -0.3 is 19.8 Å². The highest BCUT2D eigenvalue weighted by Crippen LogP contribution is 2.43. The monoisotopic (exact) mass is 908 g/mol. The maximum Gasteiger partial charge on any atom is 0.472 e. The highest BCUT2D eigenvalue weighted by molar-refractivity contribution is 7.47. The van der Waals surface area contributed by atoms with Gasteiger partial charge in [-0.25, -0.2) is 4.57 Å². The van der Waals surface area contributed by atoms with Gasteiger partial charge in [0.1, 0.15) is 13.2 Å². The molecule has 63 heavy (non-hydrogen) atoms. The van der Waals surface area contributed by atoms with E-state index in [1.165, 1.54) is 173 Å². The molecule has 0 fully saturated rings. The lowest BCUT2D eigenvalue weighted by Gasteiger charge is -2.25. The van der Waals surface area contributed by atoms with Gasteiger partial charge in [0.15, 0.2) is 0 Å². The molecule has 370 valence electrons. The summed E-state index contributed by atoms with van der Waals surface area (Å²) in [5, 5.41) is 13.8. The topological polar surface area (TPSA) is 105 Å². The molecule has 3 atom stereocenters. The van der Waals surface area contributed by atoms with E-state index in [9.17, 15) is 19.4 Å². The minimum absolute atomic E-state index is 0.0530. The molecule has 0 aromatic heterocycles. The zero-order valence-corrected chi connectivity index (χ0v) is 43.0. The molecule has 0 aromatic rings. The SMILES string of the molecule is C/C=C/CC/C=C/CC/C=C/C(O)C(COP(=O)(O)OCC[N+](C)(C)C)NC(=O)CCCCCCCCCCCCCCCCCC/C=C\CCCCCCCCCCCCCC. The predicted octanol–water partition coefficient (Wildman–Crippen LogP) is 15.6. The Kier molecular flexibility index (Phi) is 44.5. The molecule has 0 saturated carbocycles. The molecule has 9 heteroatoms. The number of carbonyl (C=O) groups excluding carboxylic acids is 1. The third-order valence-electron chi connectivity index (χ3n) is 11.8. The Bertz CT molecular complexity index is 1170. The number of hydrogen-bond acceptors (Lipinski definition) is 5. The van der Waals surface area contributed by atoms with Crippen molar-refractivity contribution in [1.29, 1.82) is 0 Å². The summed E-state index contributed by atoms with van der Waals surface area (Å²) in [6.07, 6.45) is 59.7. The summed E-state index contributed by atoms with van der Waals surface area (Å²) >= 11 is 0. The molecule has 0 aliphatic rings. The first-order chi connectivity index (χ1) is 30.5. The second kappa shape index (κ2) is 45.6. The molecule has 8 nitrogen and oxygen atoms in total. The van der Waals surface area contributed by atoms with Gasteiger partial charge in [-0.05, 0) is 64.7 Å². The Labute approximate surface area is 390 Å². The van der Waals surface area contributed by atoms with Crippen molar-refractivity contribution in [1.82, 2.24) is 5.32 Å². The number of phosphoric ester groups is 1. The number of amides is 1. The minimum Gasteiger partial charge on any atom is -0.387 e. The Hall–Kier alpha value is -1.54. The number of allylic oxidation sites excluding steroid dienone is 7. The number of likely N-dealkylation sites (N-methyl/N-ethyl adjacent to an activating group) is 1. The summed E-state index contributed by atoms with van der Waals surface area (Å²) in [5.74, 6) is -0.193. The minimum atomic E-state index is -4.35. The standard InChI is InChI=1S/C54H103N2O6P/c1-6-8-10-12-14-16-17-18-19-20-21-22-23-24-25-26-27-28-29-30-31-32-33-34-35-36-37-38-40-42-44-46-48-54(58)55-52(51-62-63(59,60)61-50-49-56(3,4)5)53(57)47-45-43-41-39-15-13-11-9-7-2/h7,9,15,24-25,39,45,47,52-53,57H,6,8,10-14,16-23,26-38,40-44,46,48-51H2,1-5H3,(H-,55,58,59,60)/p+1/b9-7+,25-24-,39-15+,47-45+. The van der Waals surface area contributed by atoms with Gasteiger partial charge in [0, 0.05) is 6.42 Å². The van der Waals surface area contributed by atoms with Crippen LogP contribution >= 0.6 is 7.82 Å². The molecule has 0 bridgehead atoms. The average molecular weight is 908 g/mol. The first-order valence-corrected chi connectivity index (χ1v) is 28.0. The number of phosphoric acid groups is 1. The van der Waals surface area contributed by atoms with Crippen molar-refractivity contribution in [3.8, 4) is 0 Å². The summed E-state index contributed by atoms with van der Waals surface area (Å²) in [6, 6.07) is -0.867. The number of nitrogens with one attached hydrogen (secondary N) is 1. The van der Waals surface area contributed by atoms with Crippen LogP contribution in [0, 0.1) is 0 Å². The van der Waals surface area contributed by atoms with Crippen LogP contribution in [0.2, 0.25) is 0 Å². The lowest BCUT2D eigenvalue weighted by atomic mass is 10.0. The summed E-state index contributed by atoms with van der Waals surface area (Å²) in [5.41, 5.74) is 0. The normalized spacial score (nSPS) is 14.5. The van der Waals surface area contributed by atoms with Crippen molar-refractivity contribution in [2.75, 3.05) is 40.9 Å². The van der Waals surface area contributed by atoms with E-state index in [4.69, 9.17) is 9.05 Å². The van der Waals surface area contributed by atoms with Crippen LogP contribution in [-0.4, -0.2) is 73.4 Å². The van der Waals surface area contributed by atoms with Gasteiger partial charge in [-0.1, -0.05) is 216 Å². The van der Waals surface area contributed by atoms with E-state index in [2.05, 4.69) is 48.7 Å². The van der Waals surface area contributed by atoms with Gasteiger partial charge in [-0.2, -0.15) is 0 Å². The lowest BCUT2D eigenvalue weighted by molar-refractivity contribution is -0.870. The van der Waals surface area contributed by atoms with E-state index >= 15 is 0 Å². The molecular formula is C54H104N2O6P+. The van der Waals surface area contributed by atoms with Gasteiger partial charge in [-0.15, -0.1) is 0 Å². The van der Waals surface area contributed by atoms with Crippen molar-refractivity contribution in [3.05, 3.63) is 48.6 Å². The third kappa shape index (κ3) is 48.2. The van der Waals surface area contributed by atoms with E-state index in [1.807, 2.05) is 34.1 Å². The van der Waals surface area contributed by atoms with Crippen molar-refractivity contribution >= 4 is 13.7 Å². The quantitative estimate of drug-likeness (QED) is 0.0243. The number of nitrogens with zero attached hydrogens (tertiary/aromatic N) is 1. The van der Waals surface area contributed by atoms with E-state index < -0.39 is 20.0 Å². The smallest absolute Gasteiger partial charge is 0.387 e. The molecule has 0 saturated heterocycles. The average Bonchev–Trinajstić information content (AvgIpc) is 3.24. The van der Waals surface area contributed by atoms with Crippen molar-refractivity contribution in [3.63, 3.8) is 0 Å². The Balaban J connectivity index is 3.95. The number of aliphatic hydroxyl groups excluding tert-OH is 1. The van der Waals surface area contributed by atoms with Crippen LogP contribution < -0.4 is 5.32 Å². The number of quaternary nitrogens is 1. The van der Waals surface area contributed by atoms with Crippen LogP contribution in [0.5, 0.6) is 0 Å². The van der Waals surface area contributed by atoms with Crippen LogP contribution in [0.25, 0.3) is 0 Å². The molecule has 0 aromatic carbocycles. The summed E-state index contributed by atoms with van der Waals surface area (Å²) in [7, 11) is 1.54. The molecule has 0 aliphatic carbocycles. The number of aliphatic hydroxyl groups is 1. The highest BCUT2D eigenvalue weighted by atomic mass is 31.2. The van der Waals surface area contributed by atoms with Gasteiger partial charge in [0.25, 0.3) is 0 Å². The van der Waals surface area contributed by atoms with E-state index in [0.717, 1.165) is 44.9 Å². The van der Waals surface area contributed by atoms with Crippen LogP contribution in [0.15, 0.2) is 48.6 Å². The Morgan fingerprint density at radius 1 is 0.556 bits per heavy atom. The summed E-state index contributed by atoms with van der Waals surface area (Å²) in [6.45, 7) is 4.56. The van der Waals surface area contributed by atoms with E-state index in [0.29, 0.717) is 17.4 Å². The molecular weight excluding hydrogens is 804 g/mol. The largest absolute Gasteiger partial charge is 0.472 e. The lowest BCUT2D eigenvalue weighted by Crippen LogP contribution is -2.45. The summed E-state index contributed by atoms with van der Waals surface area (Å²) in [4.78, 5) is 23.1. The Morgan fingerprint density at radius 2 is 0.937 bits per heavy atom. The van der Waals surface area contributed by atoms with Crippen LogP contribution in [-0.2, 0) is 18.4 Å². The maximum absolute atomic E-state index is 12.9. The van der Waals surface area contributed by atoms with Crippen LogP contribution in [0.4, 0.5) is 0 Å². The molecule has 0 aliphatic heterocycles. The second-order valence-corrected chi connectivity index (χ2v) is 20.7. The van der Waals surface area contributed by atoms with Crippen molar-refractivity contribution in [2.24, 2.45) is 0 Å². The fraction of sp³-hybridized carbons (Fsp3) is 0.833. The van der Waals surface area contributed by atoms with Gasteiger partial charge in [0.2, 0.25) is 5.91 Å². The first-order valence-electron chi connectivity index (χ1n) is 26.5. The van der Waals surface area contributed by atoms with Gasteiger partial charge in [0.05, 0.1) is 39.9 Å². The van der Waals surface area contributed by atoms with E-state index in [-0.39, 0.29) is 19.1 Å². The number of rotatable bonds is 48. The van der Waals surface area contributed by atoms with Crippen LogP contribution in [0.1, 0.15) is 239 Å². The zero-order chi connectivity index (χ0) is 46.4. The fourth-order valence-electron chi connectivity index (χ4n) is 7.66. The maximum atomic E-state index is 12.9.